The van der Waals surface area contributed by atoms with Crippen LogP contribution in [-0.4, -0.2) is 10.5 Å². The van der Waals surface area contributed by atoms with E-state index in [0.717, 1.165) is 41.9 Å². The van der Waals surface area contributed by atoms with Crippen molar-refractivity contribution in [1.29, 1.82) is 0 Å². The van der Waals surface area contributed by atoms with Gasteiger partial charge in [-0.25, -0.2) is 0 Å². The fraction of sp³-hybridized carbons (Fsp3) is 0.280. The third-order valence-electron chi connectivity index (χ3n) is 5.20. The zero-order valence-corrected chi connectivity index (χ0v) is 18.4. The second-order valence-electron chi connectivity index (χ2n) is 7.51. The van der Waals surface area contributed by atoms with Gasteiger partial charge in [-0.1, -0.05) is 55.6 Å². The Labute approximate surface area is 182 Å². The van der Waals surface area contributed by atoms with E-state index in [1.54, 1.807) is 0 Å². The number of carbonyl (C=O) groups excluding carboxylic acids is 1. The van der Waals surface area contributed by atoms with Crippen LogP contribution < -0.4 is 10.7 Å². The summed E-state index contributed by atoms with van der Waals surface area (Å²) < 4.78 is 1.98. The molecule has 2 aromatic carbocycles. The highest BCUT2D eigenvalue weighted by atomic mass is 35.5. The molecule has 3 rings (SSSR count). The monoisotopic (exact) mass is 422 g/mol. The molecule has 0 unspecified atom stereocenters. The average molecular weight is 423 g/mol. The quantitative estimate of drug-likeness (QED) is 0.468. The number of anilines is 1. The molecule has 0 aliphatic carbocycles. The summed E-state index contributed by atoms with van der Waals surface area (Å²) in [4.78, 5) is 26.2. The summed E-state index contributed by atoms with van der Waals surface area (Å²) >= 11 is 6.23. The largest absolute Gasteiger partial charge is 0.322 e. The van der Waals surface area contributed by atoms with Gasteiger partial charge in [0, 0.05) is 33.9 Å². The molecule has 1 aromatic heterocycles. The van der Waals surface area contributed by atoms with E-state index < -0.39 is 0 Å². The van der Waals surface area contributed by atoms with Crippen molar-refractivity contribution >= 4 is 23.2 Å². The van der Waals surface area contributed by atoms with Crippen molar-refractivity contribution in [3.05, 3.63) is 92.4 Å². The number of nitrogens with one attached hydrogen (secondary N) is 1. The average Bonchev–Trinajstić information content (AvgIpc) is 2.69. The smallest absolute Gasteiger partial charge is 0.261 e. The number of halogens is 1. The summed E-state index contributed by atoms with van der Waals surface area (Å²) in [5.74, 6) is -0.378. The number of unbranched alkanes of at least 4 members (excludes halogenated alkanes) is 2. The van der Waals surface area contributed by atoms with Gasteiger partial charge in [0.15, 0.2) is 5.43 Å². The molecular weight excluding hydrogens is 396 g/mol. The summed E-state index contributed by atoms with van der Waals surface area (Å²) in [6.45, 7) is 5.94. The van der Waals surface area contributed by atoms with Gasteiger partial charge in [0.2, 0.25) is 0 Å². The van der Waals surface area contributed by atoms with Crippen molar-refractivity contribution < 1.29 is 4.79 Å². The summed E-state index contributed by atoms with van der Waals surface area (Å²) in [5.41, 5.74) is 3.93. The molecule has 0 atom stereocenters. The van der Waals surface area contributed by atoms with Crippen LogP contribution in [0.15, 0.2) is 59.4 Å². The fourth-order valence-electron chi connectivity index (χ4n) is 3.69. The van der Waals surface area contributed by atoms with Gasteiger partial charge < -0.3 is 9.88 Å². The van der Waals surface area contributed by atoms with Crippen LogP contribution >= 0.6 is 11.6 Å². The number of amides is 1. The third-order valence-corrected chi connectivity index (χ3v) is 5.44. The van der Waals surface area contributed by atoms with Crippen molar-refractivity contribution in [2.45, 2.75) is 46.5 Å². The zero-order chi connectivity index (χ0) is 21.7. The van der Waals surface area contributed by atoms with Crippen molar-refractivity contribution in [1.82, 2.24) is 4.57 Å². The molecule has 1 N–H and O–H groups in total. The number of aryl methyl sites for hydroxylation is 2. The number of hydrogen-bond acceptors (Lipinski definition) is 2. The normalized spacial score (nSPS) is 10.8. The molecule has 0 aliphatic rings. The first-order valence-electron chi connectivity index (χ1n) is 10.3. The maximum Gasteiger partial charge on any atom is 0.261 e. The maximum atomic E-state index is 13.3. The van der Waals surface area contributed by atoms with Gasteiger partial charge in [-0.2, -0.15) is 0 Å². The summed E-state index contributed by atoms with van der Waals surface area (Å²) in [6.07, 6.45) is 3.60. The van der Waals surface area contributed by atoms with Crippen LogP contribution in [-0.2, 0) is 6.42 Å². The third kappa shape index (κ3) is 4.82. The first-order valence-corrected chi connectivity index (χ1v) is 10.7. The number of pyridine rings is 1. The second kappa shape index (κ2) is 9.77. The number of rotatable bonds is 7. The molecule has 0 saturated carbocycles. The van der Waals surface area contributed by atoms with E-state index in [-0.39, 0.29) is 16.9 Å². The predicted octanol–water partition coefficient (Wildman–Crippen LogP) is 6.09. The summed E-state index contributed by atoms with van der Waals surface area (Å²) in [5, 5.41) is 3.54. The molecule has 1 heterocycles. The number of para-hydroxylation sites is 1. The number of hydrogen-bond donors (Lipinski definition) is 1. The minimum absolute atomic E-state index is 0.194. The van der Waals surface area contributed by atoms with Crippen LogP contribution in [0.2, 0.25) is 5.02 Å². The fourth-order valence-corrected chi connectivity index (χ4v) is 3.87. The standard InChI is InChI=1S/C25H27ClN2O2/c1-4-5-6-14-22-24(25(30)27-21-13-8-7-10-17(21)2)23(29)15-18(3)28(22)20-12-9-11-19(26)16-20/h7-13,15-16H,4-6,14H2,1-3H3,(H,27,30). The van der Waals surface area contributed by atoms with Crippen molar-refractivity contribution in [3.8, 4) is 5.69 Å². The first-order chi connectivity index (χ1) is 14.4. The molecule has 3 aromatic rings. The number of nitrogens with zero attached hydrogens (tertiary/aromatic N) is 1. The van der Waals surface area contributed by atoms with Crippen LogP contribution in [0.1, 0.15) is 53.5 Å². The molecule has 0 saturated heterocycles. The van der Waals surface area contributed by atoms with Crippen LogP contribution in [0.25, 0.3) is 5.69 Å². The molecule has 0 aliphatic heterocycles. The van der Waals surface area contributed by atoms with Gasteiger partial charge in [-0.15, -0.1) is 0 Å². The molecule has 0 fully saturated rings. The Bertz CT molecular complexity index is 1120. The molecule has 1 amide bonds. The van der Waals surface area contributed by atoms with E-state index in [2.05, 4.69) is 12.2 Å². The molecule has 4 nitrogen and oxygen atoms in total. The Kier molecular flexibility index (Phi) is 7.11. The van der Waals surface area contributed by atoms with E-state index in [1.807, 2.05) is 66.9 Å². The molecule has 0 bridgehead atoms. The van der Waals surface area contributed by atoms with Gasteiger partial charge in [0.05, 0.1) is 0 Å². The van der Waals surface area contributed by atoms with Crippen LogP contribution in [0.4, 0.5) is 5.69 Å². The maximum absolute atomic E-state index is 13.3. The van der Waals surface area contributed by atoms with Crippen LogP contribution in [0, 0.1) is 13.8 Å². The lowest BCUT2D eigenvalue weighted by Crippen LogP contribution is -2.28. The van der Waals surface area contributed by atoms with E-state index in [9.17, 15) is 9.59 Å². The van der Waals surface area contributed by atoms with Gasteiger partial charge in [-0.3, -0.25) is 9.59 Å². The highest BCUT2D eigenvalue weighted by Crippen LogP contribution is 2.23. The highest BCUT2D eigenvalue weighted by molar-refractivity contribution is 6.30. The topological polar surface area (TPSA) is 51.1 Å². The second-order valence-corrected chi connectivity index (χ2v) is 7.95. The summed E-state index contributed by atoms with van der Waals surface area (Å²) in [7, 11) is 0. The Hall–Kier alpha value is -2.85. The van der Waals surface area contributed by atoms with E-state index in [4.69, 9.17) is 11.6 Å². The van der Waals surface area contributed by atoms with Gasteiger partial charge >= 0.3 is 0 Å². The predicted molar refractivity (Wildman–Crippen MR) is 124 cm³/mol. The Balaban J connectivity index is 2.15. The lowest BCUT2D eigenvalue weighted by Gasteiger charge is -2.21. The molecule has 5 heteroatoms. The van der Waals surface area contributed by atoms with E-state index in [0.29, 0.717) is 17.1 Å². The zero-order valence-electron chi connectivity index (χ0n) is 17.7. The Morgan fingerprint density at radius 1 is 1.03 bits per heavy atom. The van der Waals surface area contributed by atoms with Crippen molar-refractivity contribution in [2.75, 3.05) is 5.32 Å². The molecule has 156 valence electrons. The minimum Gasteiger partial charge on any atom is -0.322 e. The summed E-state index contributed by atoms with van der Waals surface area (Å²) in [6, 6.07) is 16.6. The SMILES string of the molecule is CCCCCc1c(C(=O)Nc2ccccc2C)c(=O)cc(C)n1-c1cccc(Cl)c1. The van der Waals surface area contributed by atoms with Crippen molar-refractivity contribution in [2.24, 2.45) is 0 Å². The lowest BCUT2D eigenvalue weighted by molar-refractivity contribution is 0.102. The van der Waals surface area contributed by atoms with Gasteiger partial charge in [-0.05, 0) is 56.5 Å². The Morgan fingerprint density at radius 2 is 1.80 bits per heavy atom. The van der Waals surface area contributed by atoms with Gasteiger partial charge in [0.1, 0.15) is 5.56 Å². The minimum atomic E-state index is -0.378. The number of aromatic nitrogens is 1. The molecule has 0 spiro atoms. The number of carbonyl (C=O) groups is 1. The molecular formula is C25H27ClN2O2. The van der Waals surface area contributed by atoms with Crippen LogP contribution in [0.5, 0.6) is 0 Å². The van der Waals surface area contributed by atoms with E-state index in [1.165, 1.54) is 6.07 Å². The first kappa shape index (κ1) is 21.8. The Morgan fingerprint density at radius 3 is 2.50 bits per heavy atom. The lowest BCUT2D eigenvalue weighted by atomic mass is 10.0. The van der Waals surface area contributed by atoms with E-state index >= 15 is 0 Å². The molecule has 0 radical (unpaired) electrons. The highest BCUT2D eigenvalue weighted by Gasteiger charge is 2.21. The molecule has 30 heavy (non-hydrogen) atoms. The van der Waals surface area contributed by atoms with Gasteiger partial charge in [0.25, 0.3) is 5.91 Å². The number of benzene rings is 2. The van der Waals surface area contributed by atoms with Crippen molar-refractivity contribution in [3.63, 3.8) is 0 Å². The van der Waals surface area contributed by atoms with Crippen LogP contribution in [0.3, 0.4) is 0 Å².